The summed E-state index contributed by atoms with van der Waals surface area (Å²) in [5.41, 5.74) is 0. The van der Waals surface area contributed by atoms with Crippen LogP contribution in [0.3, 0.4) is 0 Å². The van der Waals surface area contributed by atoms with Crippen LogP contribution in [0.2, 0.25) is 0 Å². The van der Waals surface area contributed by atoms with Gasteiger partial charge in [-0.3, -0.25) is 0 Å². The van der Waals surface area contributed by atoms with Crippen LogP contribution in [-0.4, -0.2) is 18.3 Å². The van der Waals surface area contributed by atoms with Gasteiger partial charge in [0.2, 0.25) is 0 Å². The SMILES string of the molecule is CC(C)NCCCCSc1cccc(F)c1. The van der Waals surface area contributed by atoms with Crippen molar-refractivity contribution >= 4 is 11.8 Å². The molecular weight excluding hydrogens is 221 g/mol. The first-order valence-corrected chi connectivity index (χ1v) is 6.79. The van der Waals surface area contributed by atoms with E-state index in [1.54, 1.807) is 23.9 Å². The third-order valence-corrected chi connectivity index (χ3v) is 3.27. The smallest absolute Gasteiger partial charge is 0.124 e. The Morgan fingerprint density at radius 3 is 2.81 bits per heavy atom. The van der Waals surface area contributed by atoms with E-state index >= 15 is 0 Å². The first kappa shape index (κ1) is 13.5. The number of nitrogens with one attached hydrogen (secondary N) is 1. The van der Waals surface area contributed by atoms with Crippen molar-refractivity contribution in [2.45, 2.75) is 37.6 Å². The molecule has 0 bridgehead atoms. The largest absolute Gasteiger partial charge is 0.315 e. The van der Waals surface area contributed by atoms with E-state index in [1.807, 2.05) is 6.07 Å². The van der Waals surface area contributed by atoms with Gasteiger partial charge in [-0.2, -0.15) is 0 Å². The molecule has 0 saturated heterocycles. The van der Waals surface area contributed by atoms with E-state index in [2.05, 4.69) is 19.2 Å². The zero-order valence-electron chi connectivity index (χ0n) is 10.0. The molecule has 0 unspecified atom stereocenters. The minimum absolute atomic E-state index is 0.147. The van der Waals surface area contributed by atoms with Crippen LogP contribution in [0, 0.1) is 5.82 Å². The molecule has 1 N–H and O–H groups in total. The average molecular weight is 241 g/mol. The molecule has 0 heterocycles. The van der Waals surface area contributed by atoms with Gasteiger partial charge in [-0.05, 0) is 43.3 Å². The van der Waals surface area contributed by atoms with E-state index in [0.717, 1.165) is 17.2 Å². The highest BCUT2D eigenvalue weighted by atomic mass is 32.2. The quantitative estimate of drug-likeness (QED) is 0.577. The second kappa shape index (κ2) is 7.69. The highest BCUT2D eigenvalue weighted by Crippen LogP contribution is 2.19. The first-order chi connectivity index (χ1) is 7.68. The molecule has 16 heavy (non-hydrogen) atoms. The van der Waals surface area contributed by atoms with Crippen LogP contribution in [-0.2, 0) is 0 Å². The second-order valence-corrected chi connectivity index (χ2v) is 5.29. The van der Waals surface area contributed by atoms with Gasteiger partial charge in [0.15, 0.2) is 0 Å². The number of rotatable bonds is 7. The molecule has 0 atom stereocenters. The fourth-order valence-electron chi connectivity index (χ4n) is 1.36. The third kappa shape index (κ3) is 6.13. The van der Waals surface area contributed by atoms with E-state index in [-0.39, 0.29) is 5.82 Å². The number of thioether (sulfide) groups is 1. The molecule has 0 aliphatic rings. The maximum absolute atomic E-state index is 12.9. The summed E-state index contributed by atoms with van der Waals surface area (Å²) in [5, 5.41) is 3.38. The highest BCUT2D eigenvalue weighted by molar-refractivity contribution is 7.99. The van der Waals surface area contributed by atoms with Gasteiger partial charge in [-0.25, -0.2) is 4.39 Å². The fourth-order valence-corrected chi connectivity index (χ4v) is 2.32. The summed E-state index contributed by atoms with van der Waals surface area (Å²) in [6.07, 6.45) is 2.35. The molecule has 0 amide bonds. The molecule has 0 aliphatic heterocycles. The van der Waals surface area contributed by atoms with Gasteiger partial charge in [-0.15, -0.1) is 11.8 Å². The van der Waals surface area contributed by atoms with Crippen LogP contribution in [0.15, 0.2) is 29.2 Å². The standard InChI is InChI=1S/C13H20FNS/c1-11(2)15-8-3-4-9-16-13-7-5-6-12(14)10-13/h5-7,10-11,15H,3-4,8-9H2,1-2H3. The van der Waals surface area contributed by atoms with Crippen molar-refractivity contribution < 1.29 is 4.39 Å². The predicted molar refractivity (Wildman–Crippen MR) is 69.5 cm³/mol. The van der Waals surface area contributed by atoms with E-state index in [0.29, 0.717) is 6.04 Å². The van der Waals surface area contributed by atoms with E-state index in [9.17, 15) is 4.39 Å². The van der Waals surface area contributed by atoms with Crippen molar-refractivity contribution in [3.05, 3.63) is 30.1 Å². The molecule has 0 radical (unpaired) electrons. The zero-order chi connectivity index (χ0) is 11.8. The van der Waals surface area contributed by atoms with Crippen LogP contribution < -0.4 is 5.32 Å². The molecule has 90 valence electrons. The Bertz CT molecular complexity index is 302. The molecular formula is C13H20FNS. The lowest BCUT2D eigenvalue weighted by Gasteiger charge is -2.07. The summed E-state index contributed by atoms with van der Waals surface area (Å²) < 4.78 is 12.9. The second-order valence-electron chi connectivity index (χ2n) is 4.12. The molecule has 1 aromatic carbocycles. The topological polar surface area (TPSA) is 12.0 Å². The van der Waals surface area contributed by atoms with Crippen LogP contribution in [0.25, 0.3) is 0 Å². The van der Waals surface area contributed by atoms with Crippen molar-refractivity contribution in [3.8, 4) is 0 Å². The normalized spacial score (nSPS) is 11.0. The predicted octanol–water partition coefficient (Wildman–Crippen LogP) is 3.70. The van der Waals surface area contributed by atoms with Gasteiger partial charge >= 0.3 is 0 Å². The summed E-state index contributed by atoms with van der Waals surface area (Å²) in [4.78, 5) is 1.02. The van der Waals surface area contributed by atoms with Crippen molar-refractivity contribution in [1.29, 1.82) is 0 Å². The van der Waals surface area contributed by atoms with Crippen LogP contribution in [0.4, 0.5) is 4.39 Å². The third-order valence-electron chi connectivity index (χ3n) is 2.19. The average Bonchev–Trinajstić information content (AvgIpc) is 2.23. The van der Waals surface area contributed by atoms with Crippen LogP contribution >= 0.6 is 11.8 Å². The molecule has 1 nitrogen and oxygen atoms in total. The number of hydrogen-bond acceptors (Lipinski definition) is 2. The first-order valence-electron chi connectivity index (χ1n) is 5.80. The Hall–Kier alpha value is -0.540. The summed E-state index contributed by atoms with van der Waals surface area (Å²) in [6.45, 7) is 5.38. The Morgan fingerprint density at radius 2 is 2.12 bits per heavy atom. The van der Waals surface area contributed by atoms with Crippen molar-refractivity contribution in [2.75, 3.05) is 12.3 Å². The van der Waals surface area contributed by atoms with E-state index < -0.39 is 0 Å². The lowest BCUT2D eigenvalue weighted by Crippen LogP contribution is -2.23. The lowest BCUT2D eigenvalue weighted by atomic mass is 10.3. The van der Waals surface area contributed by atoms with Gasteiger partial charge in [0.05, 0.1) is 0 Å². The van der Waals surface area contributed by atoms with Gasteiger partial charge in [0.25, 0.3) is 0 Å². The number of unbranched alkanes of at least 4 members (excludes halogenated alkanes) is 1. The summed E-state index contributed by atoms with van der Waals surface area (Å²) in [6, 6.07) is 7.36. The van der Waals surface area contributed by atoms with Gasteiger partial charge in [0.1, 0.15) is 5.82 Å². The van der Waals surface area contributed by atoms with Crippen LogP contribution in [0.1, 0.15) is 26.7 Å². The number of hydrogen-bond donors (Lipinski definition) is 1. The van der Waals surface area contributed by atoms with Crippen molar-refractivity contribution in [2.24, 2.45) is 0 Å². The monoisotopic (exact) mass is 241 g/mol. The molecule has 0 saturated carbocycles. The fraction of sp³-hybridized carbons (Fsp3) is 0.538. The Morgan fingerprint density at radius 1 is 1.31 bits per heavy atom. The summed E-state index contributed by atoms with van der Waals surface area (Å²) in [5.74, 6) is 0.912. The summed E-state index contributed by atoms with van der Waals surface area (Å²) >= 11 is 1.73. The minimum atomic E-state index is -0.147. The van der Waals surface area contributed by atoms with Gasteiger partial charge < -0.3 is 5.32 Å². The molecule has 1 aromatic rings. The number of halogens is 1. The zero-order valence-corrected chi connectivity index (χ0v) is 10.8. The number of benzene rings is 1. The highest BCUT2D eigenvalue weighted by Gasteiger charge is 1.96. The van der Waals surface area contributed by atoms with Crippen LogP contribution in [0.5, 0.6) is 0 Å². The maximum Gasteiger partial charge on any atom is 0.124 e. The van der Waals surface area contributed by atoms with E-state index in [1.165, 1.54) is 18.9 Å². The Balaban J connectivity index is 2.07. The van der Waals surface area contributed by atoms with E-state index in [4.69, 9.17) is 0 Å². The maximum atomic E-state index is 12.9. The van der Waals surface area contributed by atoms with Gasteiger partial charge in [-0.1, -0.05) is 19.9 Å². The molecule has 3 heteroatoms. The summed E-state index contributed by atoms with van der Waals surface area (Å²) in [7, 11) is 0. The molecule has 0 fully saturated rings. The van der Waals surface area contributed by atoms with Crippen molar-refractivity contribution in [1.82, 2.24) is 5.32 Å². The lowest BCUT2D eigenvalue weighted by molar-refractivity contribution is 0.567. The Kier molecular flexibility index (Phi) is 6.50. The minimum Gasteiger partial charge on any atom is -0.315 e. The molecule has 0 aliphatic carbocycles. The molecule has 0 spiro atoms. The molecule has 0 aromatic heterocycles. The van der Waals surface area contributed by atoms with Crippen molar-refractivity contribution in [3.63, 3.8) is 0 Å². The Labute approximate surface area is 102 Å². The van der Waals surface area contributed by atoms with Gasteiger partial charge in [0, 0.05) is 10.9 Å². The molecule has 1 rings (SSSR count).